The maximum Gasteiger partial charge on any atom is 0.120 e. The smallest absolute Gasteiger partial charge is 0.120 e. The van der Waals surface area contributed by atoms with Crippen molar-refractivity contribution in [3.63, 3.8) is 0 Å². The number of nitrogens with one attached hydrogen (secondary N) is 1. The number of hydrogen-bond donors (Lipinski definition) is 3. The highest BCUT2D eigenvalue weighted by Crippen LogP contribution is 2.38. The van der Waals surface area contributed by atoms with E-state index in [0.717, 1.165) is 41.2 Å². The summed E-state index contributed by atoms with van der Waals surface area (Å²) in [5.74, 6) is 0.632. The summed E-state index contributed by atoms with van der Waals surface area (Å²) >= 11 is 0. The molecular weight excluding hydrogens is 422 g/mol. The largest absolute Gasteiger partial charge is 0.508 e. The van der Waals surface area contributed by atoms with Gasteiger partial charge in [-0.1, -0.05) is 72.8 Å². The summed E-state index contributed by atoms with van der Waals surface area (Å²) in [7, 11) is 0. The van der Waals surface area contributed by atoms with Gasteiger partial charge in [-0.25, -0.2) is 0 Å². The molecule has 0 radical (unpaired) electrons. The molecule has 0 aromatic heterocycles. The summed E-state index contributed by atoms with van der Waals surface area (Å²) < 4.78 is 0. The SMILES string of the molecule is Oc1ccccc1CN1CCN(Cc2ccccc2O)C1c1ccccc1Nc1ccccc1. The Labute approximate surface area is 200 Å². The van der Waals surface area contributed by atoms with Crippen LogP contribution in [0, 0.1) is 0 Å². The van der Waals surface area contributed by atoms with Gasteiger partial charge in [0.2, 0.25) is 0 Å². The Balaban J connectivity index is 1.51. The number of aromatic hydroxyl groups is 2. The fourth-order valence-electron chi connectivity index (χ4n) is 4.70. The quantitative estimate of drug-likeness (QED) is 0.329. The van der Waals surface area contributed by atoms with Crippen LogP contribution in [0.2, 0.25) is 0 Å². The molecule has 1 heterocycles. The van der Waals surface area contributed by atoms with Gasteiger partial charge in [-0.05, 0) is 30.3 Å². The molecule has 0 spiro atoms. The molecule has 5 heteroatoms. The summed E-state index contributed by atoms with van der Waals surface area (Å²) in [5.41, 5.74) is 5.06. The van der Waals surface area contributed by atoms with Gasteiger partial charge < -0.3 is 15.5 Å². The predicted octanol–water partition coefficient (Wildman–Crippen LogP) is 5.86. The van der Waals surface area contributed by atoms with Crippen molar-refractivity contribution < 1.29 is 10.2 Å². The number of benzene rings is 4. The lowest BCUT2D eigenvalue weighted by atomic mass is 10.1. The number of anilines is 2. The molecule has 0 unspecified atom stereocenters. The Morgan fingerprint density at radius 3 is 1.71 bits per heavy atom. The fourth-order valence-corrected chi connectivity index (χ4v) is 4.70. The van der Waals surface area contributed by atoms with E-state index in [1.807, 2.05) is 60.7 Å². The monoisotopic (exact) mass is 451 g/mol. The molecule has 5 nitrogen and oxygen atoms in total. The van der Waals surface area contributed by atoms with Crippen LogP contribution >= 0.6 is 0 Å². The molecule has 0 aliphatic carbocycles. The van der Waals surface area contributed by atoms with Crippen molar-refractivity contribution in [2.75, 3.05) is 18.4 Å². The van der Waals surface area contributed by atoms with Crippen LogP contribution in [-0.2, 0) is 13.1 Å². The Bertz CT molecular complexity index is 1190. The van der Waals surface area contributed by atoms with Crippen molar-refractivity contribution in [2.24, 2.45) is 0 Å². The van der Waals surface area contributed by atoms with Crippen molar-refractivity contribution in [3.8, 4) is 11.5 Å². The molecule has 1 fully saturated rings. The van der Waals surface area contributed by atoms with Crippen LogP contribution in [0.4, 0.5) is 11.4 Å². The van der Waals surface area contributed by atoms with E-state index in [-0.39, 0.29) is 6.17 Å². The van der Waals surface area contributed by atoms with Crippen molar-refractivity contribution in [1.29, 1.82) is 0 Å². The second kappa shape index (κ2) is 10.00. The van der Waals surface area contributed by atoms with Crippen LogP contribution in [-0.4, -0.2) is 33.1 Å². The summed E-state index contributed by atoms with van der Waals surface area (Å²) in [6, 6.07) is 33.6. The maximum atomic E-state index is 10.4. The minimum absolute atomic E-state index is 0.0216. The normalized spacial score (nSPS) is 14.9. The first-order valence-electron chi connectivity index (χ1n) is 11.6. The van der Waals surface area contributed by atoms with Crippen LogP contribution < -0.4 is 5.32 Å². The van der Waals surface area contributed by atoms with E-state index in [2.05, 4.69) is 45.4 Å². The zero-order valence-corrected chi connectivity index (χ0v) is 19.0. The number of phenolic OH excluding ortho intramolecular Hbond substituents is 2. The standard InChI is InChI=1S/C29H29N3O2/c33-27-16-8-4-10-22(27)20-31-18-19-32(21-23-11-5-9-17-28(23)34)29(31)25-14-6-7-15-26(25)30-24-12-2-1-3-13-24/h1-17,29-30,33-34H,18-21H2. The first-order valence-corrected chi connectivity index (χ1v) is 11.6. The number of nitrogens with zero attached hydrogens (tertiary/aromatic N) is 2. The van der Waals surface area contributed by atoms with E-state index < -0.39 is 0 Å². The Kier molecular flexibility index (Phi) is 6.47. The van der Waals surface area contributed by atoms with Gasteiger partial charge >= 0.3 is 0 Å². The highest BCUT2D eigenvalue weighted by molar-refractivity contribution is 5.63. The molecular formula is C29H29N3O2. The van der Waals surface area contributed by atoms with Gasteiger partial charge in [0.25, 0.3) is 0 Å². The van der Waals surface area contributed by atoms with Gasteiger partial charge in [-0.15, -0.1) is 0 Å². The summed E-state index contributed by atoms with van der Waals surface area (Å²) in [4.78, 5) is 4.78. The molecule has 4 aromatic rings. The van der Waals surface area contributed by atoms with Gasteiger partial charge in [0.05, 0.1) is 6.17 Å². The van der Waals surface area contributed by atoms with Crippen molar-refractivity contribution in [3.05, 3.63) is 120 Å². The van der Waals surface area contributed by atoms with Crippen molar-refractivity contribution in [1.82, 2.24) is 9.80 Å². The molecule has 0 saturated carbocycles. The minimum atomic E-state index is -0.0216. The summed E-state index contributed by atoms with van der Waals surface area (Å²) in [5, 5.41) is 24.4. The predicted molar refractivity (Wildman–Crippen MR) is 136 cm³/mol. The maximum absolute atomic E-state index is 10.4. The van der Waals surface area contributed by atoms with Gasteiger partial charge in [-0.2, -0.15) is 0 Å². The van der Waals surface area contributed by atoms with E-state index >= 15 is 0 Å². The Morgan fingerprint density at radius 2 is 1.12 bits per heavy atom. The lowest BCUT2D eigenvalue weighted by Crippen LogP contribution is -2.31. The third-order valence-electron chi connectivity index (χ3n) is 6.39. The average Bonchev–Trinajstić information content (AvgIpc) is 3.25. The second-order valence-corrected chi connectivity index (χ2v) is 8.65. The highest BCUT2D eigenvalue weighted by atomic mass is 16.3. The highest BCUT2D eigenvalue weighted by Gasteiger charge is 2.35. The lowest BCUT2D eigenvalue weighted by Gasteiger charge is -2.32. The van der Waals surface area contributed by atoms with E-state index in [1.165, 1.54) is 0 Å². The molecule has 0 bridgehead atoms. The van der Waals surface area contributed by atoms with Crippen LogP contribution in [0.3, 0.4) is 0 Å². The topological polar surface area (TPSA) is 59.0 Å². The minimum Gasteiger partial charge on any atom is -0.508 e. The second-order valence-electron chi connectivity index (χ2n) is 8.65. The molecule has 1 aliphatic heterocycles. The van der Waals surface area contributed by atoms with Gasteiger partial charge in [0.1, 0.15) is 11.5 Å². The number of phenols is 2. The summed E-state index contributed by atoms with van der Waals surface area (Å²) in [6.07, 6.45) is -0.0216. The third kappa shape index (κ3) is 4.76. The molecule has 1 aliphatic rings. The molecule has 0 atom stereocenters. The molecule has 1 saturated heterocycles. The van der Waals surface area contributed by atoms with E-state index in [9.17, 15) is 10.2 Å². The Hall–Kier alpha value is -3.80. The summed E-state index contributed by atoms with van der Waals surface area (Å²) in [6.45, 7) is 2.97. The van der Waals surface area contributed by atoms with E-state index in [4.69, 9.17) is 0 Å². The molecule has 34 heavy (non-hydrogen) atoms. The van der Waals surface area contributed by atoms with Gasteiger partial charge in [0.15, 0.2) is 0 Å². The first kappa shape index (κ1) is 22.0. The molecule has 5 rings (SSSR count). The molecule has 0 amide bonds. The van der Waals surface area contributed by atoms with Crippen LogP contribution in [0.25, 0.3) is 0 Å². The van der Waals surface area contributed by atoms with Crippen LogP contribution in [0.5, 0.6) is 11.5 Å². The van der Waals surface area contributed by atoms with E-state index in [1.54, 1.807) is 12.1 Å². The molecule has 4 aromatic carbocycles. The first-order chi connectivity index (χ1) is 16.7. The zero-order valence-electron chi connectivity index (χ0n) is 19.0. The zero-order chi connectivity index (χ0) is 23.3. The average molecular weight is 452 g/mol. The number of para-hydroxylation sites is 4. The van der Waals surface area contributed by atoms with Gasteiger partial charge in [0, 0.05) is 54.2 Å². The Morgan fingerprint density at radius 1 is 0.618 bits per heavy atom. The molecule has 3 N–H and O–H groups in total. The fraction of sp³-hybridized carbons (Fsp3) is 0.172. The number of rotatable bonds is 7. The van der Waals surface area contributed by atoms with Gasteiger partial charge in [-0.3, -0.25) is 9.80 Å². The number of hydrogen-bond acceptors (Lipinski definition) is 5. The molecule has 172 valence electrons. The lowest BCUT2D eigenvalue weighted by molar-refractivity contribution is 0.125. The van der Waals surface area contributed by atoms with Crippen LogP contribution in [0.1, 0.15) is 22.9 Å². The van der Waals surface area contributed by atoms with Crippen molar-refractivity contribution >= 4 is 11.4 Å². The van der Waals surface area contributed by atoms with Crippen molar-refractivity contribution in [2.45, 2.75) is 19.3 Å². The van der Waals surface area contributed by atoms with E-state index in [0.29, 0.717) is 24.6 Å². The van der Waals surface area contributed by atoms with Crippen LogP contribution in [0.15, 0.2) is 103 Å². The third-order valence-corrected chi connectivity index (χ3v) is 6.39.